The Morgan fingerprint density at radius 2 is 0.734 bits per heavy atom. The smallest absolute Gasteiger partial charge is 0.250 e. The molecule has 0 bridgehead atoms. The first kappa shape index (κ1) is 55.1. The van der Waals surface area contributed by atoms with Crippen molar-refractivity contribution in [1.82, 2.24) is 0 Å². The highest BCUT2D eigenvalue weighted by Gasteiger charge is 2.50. The van der Waals surface area contributed by atoms with Gasteiger partial charge in [0.2, 0.25) is 0 Å². The summed E-state index contributed by atoms with van der Waals surface area (Å²) in [5.41, 5.74) is 1.88. The minimum atomic E-state index is -2.39. The maximum Gasteiger partial charge on any atom is 0.250 e. The fraction of sp³-hybridized carbons (Fsp3) is 0.731. The Hall–Kier alpha value is -1.50. The molecule has 2 heterocycles. The summed E-state index contributed by atoms with van der Waals surface area (Å²) in [7, 11) is -11.4. The molecule has 0 aliphatic carbocycles. The maximum absolute atomic E-state index is 7.50. The average molecular weight is 972 g/mol. The van der Waals surface area contributed by atoms with Gasteiger partial charge in [0.1, 0.15) is 41.7 Å². The molecule has 6 atom stereocenters. The third kappa shape index (κ3) is 11.7. The van der Waals surface area contributed by atoms with Crippen LogP contribution >= 0.6 is 0 Å². The molecule has 2 aliphatic rings. The van der Waals surface area contributed by atoms with Gasteiger partial charge in [0, 0.05) is 10.9 Å². The van der Waals surface area contributed by atoms with Crippen LogP contribution < -0.4 is 4.43 Å². The normalized spacial score (nSPS) is 23.9. The van der Waals surface area contributed by atoms with Gasteiger partial charge in [0.15, 0.2) is 33.3 Å². The van der Waals surface area contributed by atoms with Crippen molar-refractivity contribution in [3.8, 4) is 5.75 Å². The monoisotopic (exact) mass is 971 g/mol. The summed E-state index contributed by atoms with van der Waals surface area (Å²) in [6.45, 7) is 62.1. The van der Waals surface area contributed by atoms with Gasteiger partial charge in [-0.25, -0.2) is 0 Å². The van der Waals surface area contributed by atoms with E-state index in [0.717, 1.165) is 39.2 Å². The number of ether oxygens (including phenoxy) is 2. The molecule has 0 aromatic heterocycles. The Morgan fingerprint density at radius 3 is 1.08 bits per heavy atom. The number of rotatable bonds is 12. The molecule has 12 heteroatoms. The molecule has 4 rings (SSSR count). The van der Waals surface area contributed by atoms with Crippen molar-refractivity contribution in [3.63, 3.8) is 0 Å². The van der Waals surface area contributed by atoms with Crippen molar-refractivity contribution < 1.29 is 31.6 Å². The van der Waals surface area contributed by atoms with Crippen LogP contribution in [0.2, 0.25) is 90.7 Å². The molecule has 0 saturated carbocycles. The minimum absolute atomic E-state index is 0.00331. The Morgan fingerprint density at radius 1 is 0.422 bits per heavy atom. The van der Waals surface area contributed by atoms with Crippen molar-refractivity contribution in [3.05, 3.63) is 53.6 Å². The zero-order chi connectivity index (χ0) is 49.4. The topological polar surface area (TPSA) is 64.6 Å². The van der Waals surface area contributed by atoms with Gasteiger partial charge in [-0.3, -0.25) is 0 Å². The second-order valence-electron chi connectivity index (χ2n) is 26.8. The second-order valence-corrected chi connectivity index (χ2v) is 50.5. The molecule has 364 valence electrons. The van der Waals surface area contributed by atoms with Gasteiger partial charge in [-0.1, -0.05) is 128 Å². The summed E-state index contributed by atoms with van der Waals surface area (Å²) in [6, 6.07) is 10.9. The zero-order valence-corrected chi connectivity index (χ0v) is 50.9. The van der Waals surface area contributed by atoms with Crippen LogP contribution in [0.25, 0.3) is 22.3 Å². The van der Waals surface area contributed by atoms with E-state index in [1.165, 1.54) is 0 Å². The van der Waals surface area contributed by atoms with Crippen molar-refractivity contribution in [2.75, 3.05) is 0 Å². The summed E-state index contributed by atoms with van der Waals surface area (Å²) >= 11 is 0. The third-order valence-electron chi connectivity index (χ3n) is 16.5. The van der Waals surface area contributed by atoms with E-state index in [0.29, 0.717) is 0 Å². The molecule has 0 spiro atoms. The molecule has 64 heavy (non-hydrogen) atoms. The van der Waals surface area contributed by atoms with Gasteiger partial charge >= 0.3 is 0 Å². The molecule has 2 aliphatic heterocycles. The summed E-state index contributed by atoms with van der Waals surface area (Å²) in [5, 5.41) is 2.07. The van der Waals surface area contributed by atoms with Crippen molar-refractivity contribution in [1.29, 1.82) is 0 Å². The summed E-state index contributed by atoms with van der Waals surface area (Å²) in [4.78, 5) is 0. The highest BCUT2D eigenvalue weighted by atomic mass is 28.4. The lowest BCUT2D eigenvalue weighted by Crippen LogP contribution is -2.56. The number of fused-ring (bicyclic) bond motifs is 1. The first-order chi connectivity index (χ1) is 28.4. The quantitative estimate of drug-likeness (QED) is 0.196. The van der Waals surface area contributed by atoms with Crippen molar-refractivity contribution in [2.45, 2.75) is 245 Å². The molecule has 0 amide bonds. The average Bonchev–Trinajstić information content (AvgIpc) is 3.08. The first-order valence-corrected chi connectivity index (χ1v) is 38.7. The SMILES string of the molecule is C[C@@H]1OC(c2cc(C3=C[C@H](O[Si](C)(C)C(C)(C)C)[C@@H](O[Si](C)(C)C(C)(C)C)[C@H](C)O3)c3ccccc3c2O[Si](C)(C)C(C)(C)C)=C[C@H](O[Si](C)(C)C(C)(C)C)[C@H]1O[Si](C)(C)C(C)(C)C. The van der Waals surface area contributed by atoms with Gasteiger partial charge in [-0.05, 0) is 128 Å². The van der Waals surface area contributed by atoms with Gasteiger partial charge in [-0.2, -0.15) is 0 Å². The molecule has 2 aromatic carbocycles. The third-order valence-corrected chi connectivity index (χ3v) is 38.7. The second kappa shape index (κ2) is 18.1. The van der Waals surface area contributed by atoms with Gasteiger partial charge < -0.3 is 31.6 Å². The Kier molecular flexibility index (Phi) is 15.6. The van der Waals surface area contributed by atoms with Crippen molar-refractivity contribution >= 4 is 63.9 Å². The van der Waals surface area contributed by atoms with E-state index < -0.39 is 41.6 Å². The van der Waals surface area contributed by atoms with Crippen LogP contribution in [0.5, 0.6) is 5.75 Å². The number of hydrogen-bond donors (Lipinski definition) is 0. The maximum atomic E-state index is 7.50. The lowest BCUT2D eigenvalue weighted by atomic mass is 9.93. The number of hydrogen-bond acceptors (Lipinski definition) is 7. The largest absolute Gasteiger partial charge is 0.543 e. The lowest BCUT2D eigenvalue weighted by Gasteiger charge is -2.48. The first-order valence-electron chi connectivity index (χ1n) is 24.2. The van der Waals surface area contributed by atoms with Crippen LogP contribution in [0, 0.1) is 0 Å². The van der Waals surface area contributed by atoms with E-state index in [1.54, 1.807) is 0 Å². The van der Waals surface area contributed by atoms with Crippen LogP contribution in [-0.2, 0) is 27.2 Å². The molecule has 0 saturated heterocycles. The zero-order valence-electron chi connectivity index (χ0n) is 45.9. The minimum Gasteiger partial charge on any atom is -0.543 e. The van der Waals surface area contributed by atoms with Crippen LogP contribution in [0.1, 0.15) is 129 Å². The Bertz CT molecular complexity index is 2030. The van der Waals surface area contributed by atoms with E-state index in [-0.39, 0.29) is 61.8 Å². The van der Waals surface area contributed by atoms with Crippen LogP contribution in [-0.4, -0.2) is 78.2 Å². The molecule has 2 aromatic rings. The van der Waals surface area contributed by atoms with Crippen molar-refractivity contribution in [2.24, 2.45) is 0 Å². The van der Waals surface area contributed by atoms with Crippen LogP contribution in [0.15, 0.2) is 42.5 Å². The summed E-state index contributed by atoms with van der Waals surface area (Å²) in [5.74, 6) is 2.39. The van der Waals surface area contributed by atoms with Crippen LogP contribution in [0.3, 0.4) is 0 Å². The van der Waals surface area contributed by atoms with Gasteiger partial charge in [-0.15, -0.1) is 0 Å². The summed E-state index contributed by atoms with van der Waals surface area (Å²) < 4.78 is 51.2. The van der Waals surface area contributed by atoms with E-state index >= 15 is 0 Å². The number of benzene rings is 2. The molecule has 0 radical (unpaired) electrons. The van der Waals surface area contributed by atoms with Gasteiger partial charge in [0.05, 0.1) is 17.8 Å². The van der Waals surface area contributed by atoms with E-state index in [9.17, 15) is 0 Å². The predicted molar refractivity (Wildman–Crippen MR) is 287 cm³/mol. The van der Waals surface area contributed by atoms with E-state index in [2.05, 4.69) is 226 Å². The van der Waals surface area contributed by atoms with Crippen LogP contribution in [0.4, 0.5) is 0 Å². The molecule has 7 nitrogen and oxygen atoms in total. The Labute approximate surface area is 397 Å². The van der Waals surface area contributed by atoms with Gasteiger partial charge in [0.25, 0.3) is 8.32 Å². The standard InChI is InChI=1S/C52H94O7Si5/c1-35-45(57-62(22,23)50(9,10)11)43(55-60(18,19)48(3,4)5)33-41(53-35)39-32-40(47(38-31-29-28-30-37(38)39)59-64(26,27)52(15,16)17)42-34-44(56-61(20,21)49(6,7)8)46(36(2)54-42)58-63(24,25)51(12,13)14/h28-36,43-46H,1-27H3/t35-,36-,43-,44-,45-,46-/m0/s1. The van der Waals surface area contributed by atoms with E-state index in [1.807, 2.05) is 0 Å². The predicted octanol–water partition coefficient (Wildman–Crippen LogP) is 16.3. The Balaban J connectivity index is 2.11. The molecular formula is C52H94O7Si5. The molecule has 0 N–H and O–H groups in total. The fourth-order valence-corrected chi connectivity index (χ4v) is 13.0. The lowest BCUT2D eigenvalue weighted by molar-refractivity contribution is -0.0334. The molecular weight excluding hydrogens is 877 g/mol. The molecule has 0 fully saturated rings. The fourth-order valence-electron chi connectivity index (χ4n) is 6.79. The van der Waals surface area contributed by atoms with E-state index in [4.69, 9.17) is 31.6 Å². The summed E-state index contributed by atoms with van der Waals surface area (Å²) in [6.07, 6.45) is 2.71. The highest BCUT2D eigenvalue weighted by Crippen LogP contribution is 2.50. The molecule has 0 unspecified atom stereocenters. The highest BCUT2D eigenvalue weighted by molar-refractivity contribution is 6.76.